The first kappa shape index (κ1) is 48.4. The third kappa shape index (κ3) is 8.30. The molecule has 0 spiro atoms. The molecule has 362 valence electrons. The smallest absolute Gasteiger partial charge is 0.238 e. The first-order valence-electron chi connectivity index (χ1n) is 24.0. The average molecular weight is 953 g/mol. The van der Waals surface area contributed by atoms with E-state index in [0.717, 1.165) is 29.6 Å². The lowest BCUT2D eigenvalue weighted by atomic mass is 9.70. The minimum atomic E-state index is -1.35. The molecule has 0 bridgehead atoms. The number of benzene rings is 3. The second kappa shape index (κ2) is 17.6. The highest BCUT2D eigenvalue weighted by Gasteiger charge is 2.50. The zero-order valence-electron chi connectivity index (χ0n) is 41.5. The third-order valence-corrected chi connectivity index (χ3v) is 14.0. The summed E-state index contributed by atoms with van der Waals surface area (Å²) >= 11 is 0. The first-order chi connectivity index (χ1) is 33.6. The van der Waals surface area contributed by atoms with Crippen molar-refractivity contribution in [2.24, 2.45) is 0 Å². The Balaban J connectivity index is 1.23. The van der Waals surface area contributed by atoms with Crippen LogP contribution in [-0.4, -0.2) is 61.7 Å². The summed E-state index contributed by atoms with van der Waals surface area (Å²) in [4.78, 5) is 89.6. The fraction of sp³-hybridized carbons (Fsp3) is 0.300. The lowest BCUT2D eigenvalue weighted by Gasteiger charge is -2.35. The van der Waals surface area contributed by atoms with Crippen molar-refractivity contribution in [3.63, 3.8) is 0 Å². The second-order valence-electron chi connectivity index (χ2n) is 20.6. The molecular formula is C60H56O11. The number of aliphatic hydroxyl groups is 2. The van der Waals surface area contributed by atoms with Gasteiger partial charge in [-0.25, -0.2) is 0 Å². The Morgan fingerprint density at radius 1 is 0.423 bits per heavy atom. The number of carbonyl (C=O) groups is 6. The van der Waals surface area contributed by atoms with Crippen LogP contribution < -0.4 is 14.2 Å². The van der Waals surface area contributed by atoms with Crippen molar-refractivity contribution in [1.82, 2.24) is 0 Å². The standard InChI is InChI=1S/C60H56O11/c1-31(2)13-10-25-58(7)28-22-34-40(69-58)19-16-37-43(34)53(64)47(49-52(63)39-18-21-42-36(45(39)55(66)57(49)68)24-30-60(9,71-42)27-12-15-33(5)6)46(50(37)61)48-51(62)38-17-20-41-35(44(38)54(65)56(48)67)23-29-59(8,70-41)26-11-14-32(3)4/h13-24,28-30,62-63H,10-12,25-27H2,1-9H3. The van der Waals surface area contributed by atoms with Gasteiger partial charge in [0.1, 0.15) is 45.6 Å². The molecule has 3 aliphatic heterocycles. The molecular weight excluding hydrogens is 897 g/mol. The van der Waals surface area contributed by atoms with Crippen LogP contribution in [-0.2, 0) is 9.59 Å². The molecule has 0 radical (unpaired) electrons. The monoisotopic (exact) mass is 952 g/mol. The van der Waals surface area contributed by atoms with Gasteiger partial charge in [-0.05, 0) is 155 Å². The molecule has 3 unspecified atom stereocenters. The number of fused-ring (bicyclic) bond motifs is 9. The Hall–Kier alpha value is -7.66. The Kier molecular flexibility index (Phi) is 12.0. The summed E-state index contributed by atoms with van der Waals surface area (Å²) in [6.45, 7) is 17.7. The summed E-state index contributed by atoms with van der Waals surface area (Å²) in [6, 6.07) is 8.79. The minimum Gasteiger partial charge on any atom is -0.506 e. The quantitative estimate of drug-likeness (QED) is 0.138. The van der Waals surface area contributed by atoms with Crippen LogP contribution in [0.3, 0.4) is 0 Å². The molecule has 3 heterocycles. The van der Waals surface area contributed by atoms with Gasteiger partial charge in [-0.1, -0.05) is 53.2 Å². The van der Waals surface area contributed by atoms with Gasteiger partial charge >= 0.3 is 0 Å². The van der Waals surface area contributed by atoms with Gasteiger partial charge in [0, 0.05) is 61.2 Å². The van der Waals surface area contributed by atoms with E-state index in [1.807, 2.05) is 62.3 Å². The SMILES string of the molecule is CC(C)=CCCC1(C)C=Cc2c(ccc3c2C(=O)C(C2=C(O)c4ccc5c(c4C(=O)C2=O)C=CC(C)(CCC=C(C)C)O5)=C(C2=C(O)c4ccc5c(c4C(=O)C2=O)C=CC(C)(CCC=C(C)C)O5)C3=O)O1. The Bertz CT molecular complexity index is 3290. The molecule has 0 amide bonds. The van der Waals surface area contributed by atoms with Crippen LogP contribution in [0.5, 0.6) is 17.2 Å². The number of hydrogen-bond acceptors (Lipinski definition) is 11. The number of aliphatic hydroxyl groups excluding tert-OH is 2. The van der Waals surface area contributed by atoms with Crippen molar-refractivity contribution in [2.45, 2.75) is 118 Å². The van der Waals surface area contributed by atoms with E-state index in [4.69, 9.17) is 14.2 Å². The van der Waals surface area contributed by atoms with Crippen molar-refractivity contribution in [3.05, 3.63) is 162 Å². The molecule has 11 heteroatoms. The fourth-order valence-electron chi connectivity index (χ4n) is 10.2. The second-order valence-corrected chi connectivity index (χ2v) is 20.6. The maximum Gasteiger partial charge on any atom is 0.238 e. The number of Topliss-reactive ketones (excluding diaryl/α,β-unsaturated/α-hetero) is 6. The molecule has 3 atom stereocenters. The molecule has 9 rings (SSSR count). The highest BCUT2D eigenvalue weighted by Crippen LogP contribution is 2.49. The van der Waals surface area contributed by atoms with Gasteiger partial charge in [0.2, 0.25) is 23.1 Å². The van der Waals surface area contributed by atoms with E-state index in [1.165, 1.54) is 24.3 Å². The molecule has 11 nitrogen and oxygen atoms in total. The first-order valence-corrected chi connectivity index (χ1v) is 24.0. The van der Waals surface area contributed by atoms with Crippen molar-refractivity contribution in [3.8, 4) is 17.2 Å². The van der Waals surface area contributed by atoms with E-state index >= 15 is 9.59 Å². The van der Waals surface area contributed by atoms with Gasteiger partial charge in [0.25, 0.3) is 0 Å². The number of hydrogen-bond donors (Lipinski definition) is 2. The van der Waals surface area contributed by atoms with Gasteiger partial charge in [-0.3, -0.25) is 28.8 Å². The van der Waals surface area contributed by atoms with E-state index in [0.29, 0.717) is 37.2 Å². The summed E-state index contributed by atoms with van der Waals surface area (Å²) in [5, 5.41) is 24.7. The van der Waals surface area contributed by atoms with Gasteiger partial charge in [-0.2, -0.15) is 0 Å². The molecule has 6 aliphatic rings. The van der Waals surface area contributed by atoms with Gasteiger partial charge < -0.3 is 24.4 Å². The Morgan fingerprint density at radius 3 is 1.07 bits per heavy atom. The maximum atomic E-state index is 15.6. The zero-order valence-corrected chi connectivity index (χ0v) is 41.5. The predicted molar refractivity (Wildman–Crippen MR) is 273 cm³/mol. The normalized spacial score (nSPS) is 22.7. The maximum absolute atomic E-state index is 15.6. The van der Waals surface area contributed by atoms with E-state index in [1.54, 1.807) is 48.6 Å². The van der Waals surface area contributed by atoms with Crippen LogP contribution in [0.1, 0.15) is 170 Å². The summed E-state index contributed by atoms with van der Waals surface area (Å²) in [5.41, 5.74) is -2.60. The van der Waals surface area contributed by atoms with Crippen LogP contribution in [0.2, 0.25) is 0 Å². The molecule has 3 aliphatic carbocycles. The van der Waals surface area contributed by atoms with E-state index in [-0.39, 0.29) is 55.8 Å². The lowest BCUT2D eigenvalue weighted by Crippen LogP contribution is -2.37. The van der Waals surface area contributed by atoms with Crippen LogP contribution in [0, 0.1) is 0 Å². The van der Waals surface area contributed by atoms with Crippen molar-refractivity contribution < 1.29 is 53.2 Å². The summed E-state index contributed by atoms with van der Waals surface area (Å²) in [5.74, 6) is -7.76. The minimum absolute atomic E-state index is 0.127. The van der Waals surface area contributed by atoms with Crippen molar-refractivity contribution in [2.75, 3.05) is 0 Å². The van der Waals surface area contributed by atoms with Crippen LogP contribution in [0.25, 0.3) is 29.7 Å². The average Bonchev–Trinajstić information content (AvgIpc) is 3.30. The molecule has 2 N–H and O–H groups in total. The van der Waals surface area contributed by atoms with Crippen molar-refractivity contribution in [1.29, 1.82) is 0 Å². The molecule has 3 aromatic carbocycles. The highest BCUT2D eigenvalue weighted by atomic mass is 16.5. The van der Waals surface area contributed by atoms with Gasteiger partial charge in [0.05, 0.1) is 11.1 Å². The van der Waals surface area contributed by atoms with Crippen LogP contribution >= 0.6 is 0 Å². The van der Waals surface area contributed by atoms with Gasteiger partial charge in [0.15, 0.2) is 11.6 Å². The molecule has 0 saturated carbocycles. The zero-order chi connectivity index (χ0) is 51.1. The number of carbonyl (C=O) groups excluding carboxylic acids is 6. The highest BCUT2D eigenvalue weighted by molar-refractivity contribution is 6.58. The van der Waals surface area contributed by atoms with E-state index < -0.39 is 85.3 Å². The number of ether oxygens (including phenoxy) is 3. The summed E-state index contributed by atoms with van der Waals surface area (Å²) in [6.07, 6.45) is 20.5. The summed E-state index contributed by atoms with van der Waals surface area (Å²) < 4.78 is 19.3. The molecule has 0 aromatic heterocycles. The Morgan fingerprint density at radius 2 is 0.732 bits per heavy atom. The summed E-state index contributed by atoms with van der Waals surface area (Å²) in [7, 11) is 0. The lowest BCUT2D eigenvalue weighted by molar-refractivity contribution is -0.112. The third-order valence-electron chi connectivity index (χ3n) is 14.0. The fourth-order valence-corrected chi connectivity index (χ4v) is 10.2. The molecule has 71 heavy (non-hydrogen) atoms. The van der Waals surface area contributed by atoms with Gasteiger partial charge in [-0.15, -0.1) is 0 Å². The topological polar surface area (TPSA) is 171 Å². The van der Waals surface area contributed by atoms with Crippen LogP contribution in [0.15, 0.2) is 112 Å². The number of allylic oxidation sites excluding steroid dienone is 10. The van der Waals surface area contributed by atoms with Crippen LogP contribution in [0.4, 0.5) is 0 Å². The Labute approximate surface area is 413 Å². The predicted octanol–water partition coefficient (Wildman–Crippen LogP) is 12.6. The largest absolute Gasteiger partial charge is 0.506 e. The van der Waals surface area contributed by atoms with Crippen molar-refractivity contribution >= 4 is 64.4 Å². The van der Waals surface area contributed by atoms with E-state index in [9.17, 15) is 29.4 Å². The number of rotatable bonds is 11. The number of ketones is 6. The van der Waals surface area contributed by atoms with E-state index in [2.05, 4.69) is 18.2 Å². The molecule has 3 aromatic rings. The molecule has 0 saturated heterocycles. The molecule has 0 fully saturated rings.